The Morgan fingerprint density at radius 1 is 1.32 bits per heavy atom. The number of hydrogen-bond acceptors (Lipinski definition) is 4. The van der Waals surface area contributed by atoms with Crippen LogP contribution in [0.15, 0.2) is 42.6 Å². The zero-order chi connectivity index (χ0) is 17.9. The Morgan fingerprint density at radius 2 is 2.12 bits per heavy atom. The second-order valence-electron chi connectivity index (χ2n) is 7.03. The average molecular weight is 339 g/mol. The number of nitrogens with two attached hydrogens (primary N) is 1. The van der Waals surface area contributed by atoms with Crippen LogP contribution in [0.2, 0.25) is 0 Å². The first-order chi connectivity index (χ1) is 12.0. The first kappa shape index (κ1) is 17.4. The lowest BCUT2D eigenvalue weighted by Gasteiger charge is -2.43. The maximum absolute atomic E-state index is 11.7. The second kappa shape index (κ2) is 7.23. The summed E-state index contributed by atoms with van der Waals surface area (Å²) in [6.07, 6.45) is 4.39. The molecule has 1 saturated heterocycles. The van der Waals surface area contributed by atoms with Gasteiger partial charge in [0, 0.05) is 24.7 Å². The van der Waals surface area contributed by atoms with E-state index in [2.05, 4.69) is 28.9 Å². The number of anilines is 1. The average Bonchev–Trinajstić information content (AvgIpc) is 2.64. The number of aromatic nitrogens is 1. The smallest absolute Gasteiger partial charge is 0.252 e. The summed E-state index contributed by atoms with van der Waals surface area (Å²) in [6.45, 7) is 3.68. The summed E-state index contributed by atoms with van der Waals surface area (Å²) in [4.78, 5) is 18.2. The van der Waals surface area contributed by atoms with Gasteiger partial charge < -0.3 is 15.7 Å². The van der Waals surface area contributed by atoms with Gasteiger partial charge in [-0.2, -0.15) is 0 Å². The predicted octanol–water partition coefficient (Wildman–Crippen LogP) is 2.31. The van der Waals surface area contributed by atoms with Gasteiger partial charge in [-0.05, 0) is 49.4 Å². The zero-order valence-electron chi connectivity index (χ0n) is 14.6. The molecule has 1 aliphatic heterocycles. The quantitative estimate of drug-likeness (QED) is 0.876. The fourth-order valence-corrected chi connectivity index (χ4v) is 3.77. The van der Waals surface area contributed by atoms with Crippen LogP contribution in [0.4, 0.5) is 5.82 Å². The van der Waals surface area contributed by atoms with E-state index in [0.29, 0.717) is 17.9 Å². The van der Waals surface area contributed by atoms with Crippen molar-refractivity contribution in [2.45, 2.75) is 26.2 Å². The normalized spacial score (nSPS) is 20.5. The highest BCUT2D eigenvalue weighted by Crippen LogP contribution is 2.36. The number of piperidine rings is 1. The third-order valence-electron chi connectivity index (χ3n) is 5.18. The molecule has 5 heteroatoms. The number of nitrogens with zero attached hydrogens (tertiary/aromatic N) is 2. The van der Waals surface area contributed by atoms with Gasteiger partial charge in [-0.3, -0.25) is 4.79 Å². The van der Waals surface area contributed by atoms with Crippen molar-refractivity contribution >= 4 is 11.7 Å². The molecule has 5 nitrogen and oxygen atoms in total. The molecular weight excluding hydrogens is 314 g/mol. The van der Waals surface area contributed by atoms with Gasteiger partial charge in [-0.1, -0.05) is 24.3 Å². The van der Waals surface area contributed by atoms with Crippen molar-refractivity contribution in [3.05, 3.63) is 59.3 Å². The molecule has 3 N–H and O–H groups in total. The Morgan fingerprint density at radius 3 is 2.84 bits per heavy atom. The van der Waals surface area contributed by atoms with Crippen molar-refractivity contribution in [1.29, 1.82) is 0 Å². The number of pyridine rings is 1. The van der Waals surface area contributed by atoms with Crippen LogP contribution in [0.3, 0.4) is 0 Å². The molecule has 1 aromatic heterocycles. The second-order valence-corrected chi connectivity index (χ2v) is 7.03. The van der Waals surface area contributed by atoms with Crippen LogP contribution in [-0.4, -0.2) is 35.7 Å². The first-order valence-electron chi connectivity index (χ1n) is 8.70. The Hall–Kier alpha value is -2.40. The number of aliphatic hydroxyl groups excluding tert-OH is 1. The van der Waals surface area contributed by atoms with Gasteiger partial charge in [-0.15, -0.1) is 0 Å². The third kappa shape index (κ3) is 3.66. The van der Waals surface area contributed by atoms with Crippen LogP contribution in [0.25, 0.3) is 0 Å². The highest BCUT2D eigenvalue weighted by atomic mass is 16.3. The predicted molar refractivity (Wildman–Crippen MR) is 98.6 cm³/mol. The van der Waals surface area contributed by atoms with Crippen LogP contribution in [0, 0.1) is 12.3 Å². The summed E-state index contributed by atoms with van der Waals surface area (Å²) in [5.74, 6) is 0.152. The van der Waals surface area contributed by atoms with Crippen molar-refractivity contribution in [2.24, 2.45) is 11.1 Å². The molecule has 0 saturated carbocycles. The summed E-state index contributed by atoms with van der Waals surface area (Å²) in [5, 5.41) is 10.2. The van der Waals surface area contributed by atoms with Crippen LogP contribution in [0.1, 0.15) is 34.3 Å². The molecule has 1 aliphatic rings. The van der Waals surface area contributed by atoms with Crippen molar-refractivity contribution in [2.75, 3.05) is 24.6 Å². The third-order valence-corrected chi connectivity index (χ3v) is 5.18. The molecule has 0 aliphatic carbocycles. The molecule has 2 aromatic rings. The van der Waals surface area contributed by atoms with Gasteiger partial charge in [0.2, 0.25) is 0 Å². The van der Waals surface area contributed by atoms with Gasteiger partial charge in [0.15, 0.2) is 0 Å². The highest BCUT2D eigenvalue weighted by molar-refractivity contribution is 5.97. The molecule has 25 heavy (non-hydrogen) atoms. The molecule has 0 unspecified atom stereocenters. The van der Waals surface area contributed by atoms with Gasteiger partial charge in [0.05, 0.1) is 12.2 Å². The highest BCUT2D eigenvalue weighted by Gasteiger charge is 2.36. The van der Waals surface area contributed by atoms with Crippen molar-refractivity contribution < 1.29 is 9.90 Å². The Bertz CT molecular complexity index is 762. The molecule has 0 spiro atoms. The van der Waals surface area contributed by atoms with Crippen molar-refractivity contribution in [1.82, 2.24) is 4.98 Å². The van der Waals surface area contributed by atoms with Crippen LogP contribution in [0.5, 0.6) is 0 Å². The topological polar surface area (TPSA) is 79.4 Å². The zero-order valence-corrected chi connectivity index (χ0v) is 14.6. The number of rotatable bonds is 5. The van der Waals surface area contributed by atoms with Gasteiger partial charge in [0.25, 0.3) is 5.91 Å². The number of hydrogen-bond donors (Lipinski definition) is 2. The van der Waals surface area contributed by atoms with Crippen LogP contribution >= 0.6 is 0 Å². The summed E-state index contributed by atoms with van der Waals surface area (Å²) >= 11 is 0. The molecule has 132 valence electrons. The van der Waals surface area contributed by atoms with E-state index < -0.39 is 5.91 Å². The molecule has 0 bridgehead atoms. The van der Waals surface area contributed by atoms with E-state index in [0.717, 1.165) is 25.8 Å². The minimum Gasteiger partial charge on any atom is -0.396 e. The van der Waals surface area contributed by atoms with Crippen molar-refractivity contribution in [3.8, 4) is 0 Å². The lowest BCUT2D eigenvalue weighted by molar-refractivity contribution is 0.0994. The fraction of sp³-hybridized carbons (Fsp3) is 0.400. The van der Waals surface area contributed by atoms with E-state index in [9.17, 15) is 9.90 Å². The summed E-state index contributed by atoms with van der Waals surface area (Å²) in [6, 6.07) is 11.7. The summed E-state index contributed by atoms with van der Waals surface area (Å²) < 4.78 is 0. The largest absolute Gasteiger partial charge is 0.396 e. The van der Waals surface area contributed by atoms with Gasteiger partial charge >= 0.3 is 0 Å². The molecule has 1 atom stereocenters. The Labute approximate surface area is 148 Å². The first-order valence-corrected chi connectivity index (χ1v) is 8.70. The SMILES string of the molecule is Cc1ccccc1C[C@@]1(CO)CCCN(c2ncccc2C(N)=O)C1. The number of carbonyl (C=O) groups excluding carboxylic acids is 1. The van der Waals surface area contributed by atoms with E-state index in [1.54, 1.807) is 18.3 Å². The molecule has 2 heterocycles. The number of aryl methyl sites for hydroxylation is 1. The van der Waals surface area contributed by atoms with E-state index >= 15 is 0 Å². The minimum absolute atomic E-state index is 0.108. The number of amides is 1. The van der Waals surface area contributed by atoms with Gasteiger partial charge in [-0.25, -0.2) is 4.98 Å². The van der Waals surface area contributed by atoms with Crippen LogP contribution in [-0.2, 0) is 6.42 Å². The van der Waals surface area contributed by atoms with Gasteiger partial charge in [0.1, 0.15) is 5.82 Å². The maximum Gasteiger partial charge on any atom is 0.252 e. The van der Waals surface area contributed by atoms with E-state index in [1.807, 2.05) is 12.1 Å². The fourth-order valence-electron chi connectivity index (χ4n) is 3.77. The lowest BCUT2D eigenvalue weighted by Crippen LogP contribution is -2.47. The monoisotopic (exact) mass is 339 g/mol. The van der Waals surface area contributed by atoms with E-state index in [4.69, 9.17) is 5.73 Å². The molecule has 1 aromatic carbocycles. The van der Waals surface area contributed by atoms with Crippen LogP contribution < -0.4 is 10.6 Å². The molecule has 0 radical (unpaired) electrons. The molecular formula is C20H25N3O2. The molecule has 1 amide bonds. The minimum atomic E-state index is -0.470. The van der Waals surface area contributed by atoms with E-state index in [-0.39, 0.29) is 12.0 Å². The maximum atomic E-state index is 11.7. The van der Waals surface area contributed by atoms with Crippen molar-refractivity contribution in [3.63, 3.8) is 0 Å². The molecule has 3 rings (SSSR count). The number of carbonyl (C=O) groups is 1. The summed E-state index contributed by atoms with van der Waals surface area (Å²) in [5.41, 5.74) is 8.21. The molecule has 1 fully saturated rings. The Balaban J connectivity index is 1.89. The Kier molecular flexibility index (Phi) is 5.04. The lowest BCUT2D eigenvalue weighted by atomic mass is 9.75. The standard InChI is InChI=1S/C20H25N3O2/c1-15-6-2-3-7-16(15)12-20(14-24)9-5-11-23(13-20)19-17(18(21)25)8-4-10-22-19/h2-4,6-8,10,24H,5,9,11-14H2,1H3,(H2,21,25)/t20-/m0/s1. The van der Waals surface area contributed by atoms with E-state index in [1.165, 1.54) is 11.1 Å². The number of benzene rings is 1. The number of aliphatic hydroxyl groups is 1. The number of primary amides is 1. The summed E-state index contributed by atoms with van der Waals surface area (Å²) in [7, 11) is 0.